The minimum atomic E-state index is 0.250. The lowest BCUT2D eigenvalue weighted by Crippen LogP contribution is -2.42. The first kappa shape index (κ1) is 12.5. The van der Waals surface area contributed by atoms with Crippen LogP contribution in [0.25, 0.3) is 0 Å². The van der Waals surface area contributed by atoms with Crippen molar-refractivity contribution in [1.29, 1.82) is 0 Å². The average molecular weight is 212 g/mol. The summed E-state index contributed by atoms with van der Waals surface area (Å²) in [6, 6.07) is 0.253. The highest BCUT2D eigenvalue weighted by molar-refractivity contribution is 5.79. The van der Waals surface area contributed by atoms with Crippen molar-refractivity contribution >= 4 is 5.91 Å². The van der Waals surface area contributed by atoms with Gasteiger partial charge in [0.15, 0.2) is 0 Å². The lowest BCUT2D eigenvalue weighted by Gasteiger charge is -2.23. The number of nitrogens with two attached hydrogens (primary N) is 1. The Bertz CT molecular complexity index is 198. The Hall–Kier alpha value is -0.570. The van der Waals surface area contributed by atoms with Gasteiger partial charge in [-0.3, -0.25) is 4.79 Å². The monoisotopic (exact) mass is 212 g/mol. The SMILES string of the molecule is CC(C)C(CCN)NC(=O)C1CCCC1. The van der Waals surface area contributed by atoms with Crippen molar-refractivity contribution in [2.45, 2.75) is 52.0 Å². The molecule has 0 heterocycles. The second-order valence-corrected chi connectivity index (χ2v) is 4.92. The third kappa shape index (κ3) is 3.82. The van der Waals surface area contributed by atoms with Gasteiger partial charge in [0.1, 0.15) is 0 Å². The smallest absolute Gasteiger partial charge is 0.223 e. The van der Waals surface area contributed by atoms with Crippen LogP contribution in [-0.2, 0) is 4.79 Å². The molecule has 88 valence electrons. The molecule has 0 bridgehead atoms. The molecule has 0 aromatic rings. The van der Waals surface area contributed by atoms with Gasteiger partial charge in [0.2, 0.25) is 5.91 Å². The Morgan fingerprint density at radius 3 is 2.47 bits per heavy atom. The Morgan fingerprint density at radius 1 is 1.40 bits per heavy atom. The van der Waals surface area contributed by atoms with E-state index in [2.05, 4.69) is 19.2 Å². The summed E-state index contributed by atoms with van der Waals surface area (Å²) in [5.74, 6) is 0.988. The summed E-state index contributed by atoms with van der Waals surface area (Å²) in [5.41, 5.74) is 5.55. The van der Waals surface area contributed by atoms with Crippen molar-refractivity contribution in [3.05, 3.63) is 0 Å². The maximum absolute atomic E-state index is 11.9. The third-order valence-corrected chi connectivity index (χ3v) is 3.34. The summed E-state index contributed by atoms with van der Waals surface area (Å²) in [7, 11) is 0. The third-order valence-electron chi connectivity index (χ3n) is 3.34. The summed E-state index contributed by atoms with van der Waals surface area (Å²) in [5, 5.41) is 3.14. The summed E-state index contributed by atoms with van der Waals surface area (Å²) >= 11 is 0. The van der Waals surface area contributed by atoms with Gasteiger partial charge >= 0.3 is 0 Å². The molecule has 1 fully saturated rings. The normalized spacial score (nSPS) is 19.5. The van der Waals surface area contributed by atoms with Crippen molar-refractivity contribution in [1.82, 2.24) is 5.32 Å². The van der Waals surface area contributed by atoms with Crippen molar-refractivity contribution in [2.24, 2.45) is 17.6 Å². The largest absolute Gasteiger partial charge is 0.353 e. The van der Waals surface area contributed by atoms with E-state index in [0.717, 1.165) is 19.3 Å². The zero-order valence-electron chi connectivity index (χ0n) is 9.96. The predicted octanol–water partition coefficient (Wildman–Crippen LogP) is 1.67. The molecule has 1 atom stereocenters. The van der Waals surface area contributed by atoms with E-state index < -0.39 is 0 Å². The highest BCUT2D eigenvalue weighted by Crippen LogP contribution is 2.25. The molecule has 0 saturated heterocycles. The van der Waals surface area contributed by atoms with Gasteiger partial charge in [0.05, 0.1) is 0 Å². The van der Waals surface area contributed by atoms with Gasteiger partial charge in [-0.25, -0.2) is 0 Å². The van der Waals surface area contributed by atoms with Crippen LogP contribution in [0.1, 0.15) is 46.0 Å². The molecule has 0 radical (unpaired) electrons. The average Bonchev–Trinajstić information content (AvgIpc) is 2.69. The summed E-state index contributed by atoms with van der Waals surface area (Å²) < 4.78 is 0. The lowest BCUT2D eigenvalue weighted by atomic mass is 9.99. The number of carbonyl (C=O) groups excluding carboxylic acids is 1. The van der Waals surface area contributed by atoms with Gasteiger partial charge in [-0.2, -0.15) is 0 Å². The van der Waals surface area contributed by atoms with Gasteiger partial charge < -0.3 is 11.1 Å². The van der Waals surface area contributed by atoms with E-state index in [1.165, 1.54) is 12.8 Å². The number of carbonyl (C=O) groups is 1. The Balaban J connectivity index is 2.38. The van der Waals surface area contributed by atoms with Crippen LogP contribution in [0.15, 0.2) is 0 Å². The maximum atomic E-state index is 11.9. The van der Waals surface area contributed by atoms with Crippen LogP contribution < -0.4 is 11.1 Å². The topological polar surface area (TPSA) is 55.1 Å². The standard InChI is InChI=1S/C12H24N2O/c1-9(2)11(7-8-13)14-12(15)10-5-3-4-6-10/h9-11H,3-8,13H2,1-2H3,(H,14,15). The minimum Gasteiger partial charge on any atom is -0.353 e. The van der Waals surface area contributed by atoms with Crippen LogP contribution in [-0.4, -0.2) is 18.5 Å². The molecule has 3 heteroatoms. The van der Waals surface area contributed by atoms with E-state index in [4.69, 9.17) is 5.73 Å². The first-order valence-corrected chi connectivity index (χ1v) is 6.15. The predicted molar refractivity (Wildman–Crippen MR) is 62.4 cm³/mol. The fourth-order valence-electron chi connectivity index (χ4n) is 2.24. The van der Waals surface area contributed by atoms with Crippen LogP contribution in [0.2, 0.25) is 0 Å². The van der Waals surface area contributed by atoms with Gasteiger partial charge in [-0.05, 0) is 31.7 Å². The minimum absolute atomic E-state index is 0.250. The molecule has 1 unspecified atom stereocenters. The molecule has 0 aliphatic heterocycles. The maximum Gasteiger partial charge on any atom is 0.223 e. The van der Waals surface area contributed by atoms with E-state index in [9.17, 15) is 4.79 Å². The fourth-order valence-corrected chi connectivity index (χ4v) is 2.24. The summed E-state index contributed by atoms with van der Waals surface area (Å²) in [4.78, 5) is 11.9. The molecule has 1 amide bonds. The first-order valence-electron chi connectivity index (χ1n) is 6.15. The summed E-state index contributed by atoms with van der Waals surface area (Å²) in [6.45, 7) is 4.91. The van der Waals surface area contributed by atoms with E-state index >= 15 is 0 Å². The molecular weight excluding hydrogens is 188 g/mol. The highest BCUT2D eigenvalue weighted by Gasteiger charge is 2.25. The van der Waals surface area contributed by atoms with Gasteiger partial charge in [-0.15, -0.1) is 0 Å². The van der Waals surface area contributed by atoms with Crippen LogP contribution in [0.3, 0.4) is 0 Å². The fraction of sp³-hybridized carbons (Fsp3) is 0.917. The molecular formula is C12H24N2O. The Labute approximate surface area is 92.8 Å². The van der Waals surface area contributed by atoms with Crippen molar-refractivity contribution in [3.63, 3.8) is 0 Å². The first-order chi connectivity index (χ1) is 7.15. The van der Waals surface area contributed by atoms with Crippen molar-refractivity contribution in [3.8, 4) is 0 Å². The molecule has 0 aromatic heterocycles. The molecule has 0 spiro atoms. The highest BCUT2D eigenvalue weighted by atomic mass is 16.1. The van der Waals surface area contributed by atoms with Crippen molar-refractivity contribution in [2.75, 3.05) is 6.54 Å². The van der Waals surface area contributed by atoms with Crippen LogP contribution in [0, 0.1) is 11.8 Å². The van der Waals surface area contributed by atoms with E-state index in [0.29, 0.717) is 12.5 Å². The van der Waals surface area contributed by atoms with Crippen LogP contribution in [0.5, 0.6) is 0 Å². The van der Waals surface area contributed by atoms with Crippen LogP contribution in [0.4, 0.5) is 0 Å². The molecule has 0 aromatic carbocycles. The number of hydrogen-bond acceptors (Lipinski definition) is 2. The van der Waals surface area contributed by atoms with Gasteiger partial charge in [0.25, 0.3) is 0 Å². The van der Waals surface area contributed by atoms with E-state index in [1.807, 2.05) is 0 Å². The molecule has 3 N–H and O–H groups in total. The second-order valence-electron chi connectivity index (χ2n) is 4.92. The molecule has 1 saturated carbocycles. The molecule has 1 aliphatic carbocycles. The number of nitrogens with one attached hydrogen (secondary N) is 1. The van der Waals surface area contributed by atoms with Crippen molar-refractivity contribution < 1.29 is 4.79 Å². The second kappa shape index (κ2) is 6.11. The molecule has 1 rings (SSSR count). The van der Waals surface area contributed by atoms with E-state index in [1.54, 1.807) is 0 Å². The number of hydrogen-bond donors (Lipinski definition) is 2. The van der Waals surface area contributed by atoms with E-state index in [-0.39, 0.29) is 17.9 Å². The zero-order valence-corrected chi connectivity index (χ0v) is 9.96. The zero-order chi connectivity index (χ0) is 11.3. The Morgan fingerprint density at radius 2 is 2.00 bits per heavy atom. The van der Waals surface area contributed by atoms with Crippen LogP contribution >= 0.6 is 0 Å². The van der Waals surface area contributed by atoms with Gasteiger partial charge in [0, 0.05) is 12.0 Å². The van der Waals surface area contributed by atoms with Gasteiger partial charge in [-0.1, -0.05) is 26.7 Å². The molecule has 3 nitrogen and oxygen atoms in total. The quantitative estimate of drug-likeness (QED) is 0.728. The molecule has 1 aliphatic rings. The Kier molecular flexibility index (Phi) is 5.09. The number of amides is 1. The molecule has 15 heavy (non-hydrogen) atoms. The summed E-state index contributed by atoms with van der Waals surface area (Å²) in [6.07, 6.45) is 5.44. The number of rotatable bonds is 5. The lowest BCUT2D eigenvalue weighted by molar-refractivity contribution is -0.125.